The van der Waals surface area contributed by atoms with Crippen LogP contribution < -0.4 is 16.0 Å². The first-order valence-electron chi connectivity index (χ1n) is 8.23. The van der Waals surface area contributed by atoms with Crippen LogP contribution >= 0.6 is 11.6 Å². The second-order valence-electron chi connectivity index (χ2n) is 5.97. The third-order valence-corrected chi connectivity index (χ3v) is 4.43. The van der Waals surface area contributed by atoms with Gasteiger partial charge in [0.2, 0.25) is 5.91 Å². The number of hydrogen-bond acceptors (Lipinski definition) is 2. The third kappa shape index (κ3) is 4.51. The van der Waals surface area contributed by atoms with E-state index in [1.165, 1.54) is 0 Å². The number of nitrogens with zero attached hydrogens (tertiary/aromatic N) is 1. The van der Waals surface area contributed by atoms with Gasteiger partial charge in [0.25, 0.3) is 0 Å². The number of nitrogens with one attached hydrogen (secondary N) is 3. The van der Waals surface area contributed by atoms with Gasteiger partial charge in [-0.3, -0.25) is 9.79 Å². The molecule has 2 aromatic rings. The van der Waals surface area contributed by atoms with Gasteiger partial charge in [0, 0.05) is 43.2 Å². The minimum absolute atomic E-state index is 0.0485. The standard InChI is InChI=1S/C19H21ClN4O/c1-21-19(22-11-13-5-4-6-15(20)9-13)23-12-14-10-18(25)24-17-8-3-2-7-16(14)17/h2-9,14H,10-12H2,1H3,(H,24,25)(H2,21,22,23). The van der Waals surface area contributed by atoms with E-state index in [1.54, 1.807) is 7.05 Å². The molecule has 0 aromatic heterocycles. The summed E-state index contributed by atoms with van der Waals surface area (Å²) in [7, 11) is 1.73. The summed E-state index contributed by atoms with van der Waals surface area (Å²) in [5, 5.41) is 10.2. The van der Waals surface area contributed by atoms with Crippen LogP contribution in [-0.2, 0) is 11.3 Å². The average molecular weight is 357 g/mol. The lowest BCUT2D eigenvalue weighted by atomic mass is 9.90. The van der Waals surface area contributed by atoms with Gasteiger partial charge in [0.1, 0.15) is 0 Å². The highest BCUT2D eigenvalue weighted by Gasteiger charge is 2.24. The van der Waals surface area contributed by atoms with Gasteiger partial charge in [-0.15, -0.1) is 0 Å². The summed E-state index contributed by atoms with van der Waals surface area (Å²) in [5.41, 5.74) is 3.13. The number of fused-ring (bicyclic) bond motifs is 1. The van der Waals surface area contributed by atoms with Crippen molar-refractivity contribution in [3.63, 3.8) is 0 Å². The fourth-order valence-electron chi connectivity index (χ4n) is 2.96. The summed E-state index contributed by atoms with van der Waals surface area (Å²) >= 11 is 6.01. The predicted octanol–water partition coefficient (Wildman–Crippen LogP) is 3.13. The number of rotatable bonds is 4. The first-order valence-corrected chi connectivity index (χ1v) is 8.61. The van der Waals surface area contributed by atoms with E-state index in [0.717, 1.165) is 16.8 Å². The second kappa shape index (κ2) is 8.03. The Kier molecular flexibility index (Phi) is 5.56. The molecule has 2 aromatic carbocycles. The van der Waals surface area contributed by atoms with Gasteiger partial charge >= 0.3 is 0 Å². The second-order valence-corrected chi connectivity index (χ2v) is 6.41. The maximum absolute atomic E-state index is 11.9. The van der Waals surface area contributed by atoms with E-state index in [4.69, 9.17) is 11.6 Å². The van der Waals surface area contributed by atoms with Crippen molar-refractivity contribution in [3.05, 3.63) is 64.7 Å². The maximum atomic E-state index is 11.9. The Morgan fingerprint density at radius 3 is 2.88 bits per heavy atom. The molecule has 5 nitrogen and oxygen atoms in total. The number of benzene rings is 2. The smallest absolute Gasteiger partial charge is 0.225 e. The highest BCUT2D eigenvalue weighted by molar-refractivity contribution is 6.30. The van der Waals surface area contributed by atoms with Gasteiger partial charge in [-0.05, 0) is 29.3 Å². The zero-order valence-corrected chi connectivity index (χ0v) is 14.8. The zero-order valence-electron chi connectivity index (χ0n) is 14.1. The normalized spacial score (nSPS) is 16.8. The maximum Gasteiger partial charge on any atom is 0.225 e. The molecule has 0 saturated carbocycles. The molecule has 130 valence electrons. The molecule has 0 radical (unpaired) electrons. The molecule has 1 aliphatic heterocycles. The van der Waals surface area contributed by atoms with Crippen molar-refractivity contribution in [1.82, 2.24) is 10.6 Å². The lowest BCUT2D eigenvalue weighted by Gasteiger charge is -2.26. The molecular weight excluding hydrogens is 336 g/mol. The molecular formula is C19H21ClN4O. The minimum atomic E-state index is 0.0485. The minimum Gasteiger partial charge on any atom is -0.356 e. The van der Waals surface area contributed by atoms with Gasteiger partial charge < -0.3 is 16.0 Å². The summed E-state index contributed by atoms with van der Waals surface area (Å²) in [6.45, 7) is 1.27. The van der Waals surface area contributed by atoms with Gasteiger partial charge in [-0.2, -0.15) is 0 Å². The SMILES string of the molecule is CN=C(NCc1cccc(Cl)c1)NCC1CC(=O)Nc2ccccc21. The molecule has 1 unspecified atom stereocenters. The van der Waals surface area contributed by atoms with Crippen molar-refractivity contribution in [3.8, 4) is 0 Å². The van der Waals surface area contributed by atoms with Gasteiger partial charge in [-0.25, -0.2) is 0 Å². The molecule has 25 heavy (non-hydrogen) atoms. The first kappa shape index (κ1) is 17.3. The van der Waals surface area contributed by atoms with Crippen LogP contribution in [0.4, 0.5) is 5.69 Å². The lowest BCUT2D eigenvalue weighted by Crippen LogP contribution is -2.40. The molecule has 3 rings (SSSR count). The number of aliphatic imine (C=N–C) groups is 1. The Morgan fingerprint density at radius 1 is 1.24 bits per heavy atom. The van der Waals surface area contributed by atoms with Crippen molar-refractivity contribution in [1.29, 1.82) is 0 Å². The van der Waals surface area contributed by atoms with Crippen molar-refractivity contribution in [2.45, 2.75) is 18.9 Å². The molecule has 3 N–H and O–H groups in total. The number of para-hydroxylation sites is 1. The topological polar surface area (TPSA) is 65.5 Å². The van der Waals surface area contributed by atoms with E-state index in [2.05, 4.69) is 27.0 Å². The Balaban J connectivity index is 1.59. The van der Waals surface area contributed by atoms with Crippen LogP contribution in [0, 0.1) is 0 Å². The fourth-order valence-corrected chi connectivity index (χ4v) is 3.17. The van der Waals surface area contributed by atoms with Crippen LogP contribution in [0.1, 0.15) is 23.5 Å². The molecule has 0 fully saturated rings. The van der Waals surface area contributed by atoms with E-state index in [0.29, 0.717) is 30.5 Å². The van der Waals surface area contributed by atoms with Crippen LogP contribution in [-0.4, -0.2) is 25.5 Å². The van der Waals surface area contributed by atoms with E-state index in [9.17, 15) is 4.79 Å². The molecule has 0 aliphatic carbocycles. The summed E-state index contributed by atoms with van der Waals surface area (Å²) in [5.74, 6) is 0.866. The van der Waals surface area contributed by atoms with Crippen LogP contribution in [0.2, 0.25) is 5.02 Å². The zero-order chi connectivity index (χ0) is 17.6. The Bertz CT molecular complexity index is 790. The quantitative estimate of drug-likeness (QED) is 0.582. The number of anilines is 1. The van der Waals surface area contributed by atoms with Gasteiger partial charge in [-0.1, -0.05) is 41.9 Å². The van der Waals surface area contributed by atoms with Crippen molar-refractivity contribution < 1.29 is 4.79 Å². The van der Waals surface area contributed by atoms with E-state index < -0.39 is 0 Å². The van der Waals surface area contributed by atoms with Gasteiger partial charge in [0.15, 0.2) is 5.96 Å². The molecule has 6 heteroatoms. The van der Waals surface area contributed by atoms with Crippen LogP contribution in [0.15, 0.2) is 53.5 Å². The number of carbonyl (C=O) groups excluding carboxylic acids is 1. The van der Waals surface area contributed by atoms with Crippen molar-refractivity contribution in [2.24, 2.45) is 4.99 Å². The number of guanidine groups is 1. The third-order valence-electron chi connectivity index (χ3n) is 4.20. The van der Waals surface area contributed by atoms with E-state index in [-0.39, 0.29) is 11.8 Å². The van der Waals surface area contributed by atoms with Gasteiger partial charge in [0.05, 0.1) is 0 Å². The Labute approximate surface area is 152 Å². The number of carbonyl (C=O) groups is 1. The molecule has 0 saturated heterocycles. The summed E-state index contributed by atoms with van der Waals surface area (Å²) in [6.07, 6.45) is 0.468. The summed E-state index contributed by atoms with van der Waals surface area (Å²) < 4.78 is 0. The first-order chi connectivity index (χ1) is 12.2. The van der Waals surface area contributed by atoms with E-state index >= 15 is 0 Å². The molecule has 1 heterocycles. The monoisotopic (exact) mass is 356 g/mol. The molecule has 1 amide bonds. The van der Waals surface area contributed by atoms with Crippen LogP contribution in [0.25, 0.3) is 0 Å². The molecule has 0 bridgehead atoms. The van der Waals surface area contributed by atoms with Crippen molar-refractivity contribution >= 4 is 29.2 Å². The lowest BCUT2D eigenvalue weighted by molar-refractivity contribution is -0.116. The molecule has 0 spiro atoms. The number of amides is 1. The van der Waals surface area contributed by atoms with E-state index in [1.807, 2.05) is 42.5 Å². The Hall–Kier alpha value is -2.53. The molecule has 1 atom stereocenters. The average Bonchev–Trinajstić information content (AvgIpc) is 2.61. The van der Waals surface area contributed by atoms with Crippen molar-refractivity contribution in [2.75, 3.05) is 18.9 Å². The van der Waals surface area contributed by atoms with Crippen LogP contribution in [0.3, 0.4) is 0 Å². The summed E-state index contributed by atoms with van der Waals surface area (Å²) in [4.78, 5) is 16.1. The summed E-state index contributed by atoms with van der Waals surface area (Å²) in [6, 6.07) is 15.6. The highest BCUT2D eigenvalue weighted by Crippen LogP contribution is 2.31. The number of hydrogen-bond donors (Lipinski definition) is 3. The predicted molar refractivity (Wildman–Crippen MR) is 102 cm³/mol. The molecule has 1 aliphatic rings. The number of halogens is 1. The Morgan fingerprint density at radius 2 is 2.08 bits per heavy atom. The highest BCUT2D eigenvalue weighted by atomic mass is 35.5. The largest absolute Gasteiger partial charge is 0.356 e. The fraction of sp³-hybridized carbons (Fsp3) is 0.263. The van der Waals surface area contributed by atoms with Crippen LogP contribution in [0.5, 0.6) is 0 Å².